The molecule has 202 valence electrons. The zero-order valence-electron chi connectivity index (χ0n) is 24.1. The van der Waals surface area contributed by atoms with Crippen LogP contribution in [-0.4, -0.2) is 59.2 Å². The summed E-state index contributed by atoms with van der Waals surface area (Å²) in [6, 6.07) is 18.0. The number of hydrogen-bond donors (Lipinski definition) is 2. The molecule has 0 unspecified atom stereocenters. The van der Waals surface area contributed by atoms with E-state index < -0.39 is 48.1 Å². The third-order valence-electron chi connectivity index (χ3n) is 7.27. The molecule has 9 nitrogen and oxygen atoms in total. The number of para-hydroxylation sites is 1. The van der Waals surface area contributed by atoms with Gasteiger partial charge in [-0.05, 0) is 41.5 Å². The Kier molecular flexibility index (Phi) is 6.08. The van der Waals surface area contributed by atoms with Gasteiger partial charge in [-0.2, -0.15) is 0 Å². The van der Waals surface area contributed by atoms with Gasteiger partial charge in [-0.25, -0.2) is 11.0 Å². The lowest BCUT2D eigenvalue weighted by Gasteiger charge is -2.31. The summed E-state index contributed by atoms with van der Waals surface area (Å²) in [5.74, 6) is -4.73. The number of hydrogen-bond acceptors (Lipinski definition) is 4. The number of anilines is 2. The van der Waals surface area contributed by atoms with Gasteiger partial charge in [0.25, 0.3) is 5.91 Å². The van der Waals surface area contributed by atoms with Crippen LogP contribution in [0.15, 0.2) is 78.9 Å². The molecule has 2 heterocycles. The Balaban J connectivity index is 1.52. The topological polar surface area (TPSA) is 103 Å². The highest BCUT2D eigenvalue weighted by Gasteiger charge is 2.59. The lowest BCUT2D eigenvalue weighted by Crippen LogP contribution is -2.54. The molecule has 1 saturated heterocycles. The molecule has 0 aromatic heterocycles. The summed E-state index contributed by atoms with van der Waals surface area (Å²) in [6.45, 7) is 4.34. The van der Waals surface area contributed by atoms with E-state index in [1.54, 1.807) is 54.6 Å². The van der Waals surface area contributed by atoms with Gasteiger partial charge in [0, 0.05) is 35.4 Å². The summed E-state index contributed by atoms with van der Waals surface area (Å²) in [6.07, 6.45) is -1.45. The zero-order valence-corrected chi connectivity index (χ0v) is 21.1. The fraction of sp³-hybridized carbons (Fsp3) is 0.233. The van der Waals surface area contributed by atoms with Crippen molar-refractivity contribution in [2.24, 2.45) is 0 Å². The van der Waals surface area contributed by atoms with Crippen LogP contribution in [0.3, 0.4) is 0 Å². The van der Waals surface area contributed by atoms with Crippen molar-refractivity contribution in [1.82, 2.24) is 9.80 Å². The van der Waals surface area contributed by atoms with Crippen molar-refractivity contribution in [3.63, 3.8) is 0 Å². The van der Waals surface area contributed by atoms with E-state index in [1.165, 1.54) is 12.1 Å². The average molecular weight is 543 g/mol. The number of likely N-dealkylation sites (N-methyl/N-ethyl adjacent to an activating group) is 1. The highest BCUT2D eigenvalue weighted by molar-refractivity contribution is 6.39. The molecule has 2 aliphatic rings. The number of carbonyl (C=O) groups excluding carboxylic acids is 4. The minimum atomic E-state index is -3.26. The molecule has 3 aromatic carbocycles. The van der Waals surface area contributed by atoms with Gasteiger partial charge in [0.05, 0.1) is 6.42 Å². The molecule has 0 radical (unpaired) electrons. The van der Waals surface area contributed by atoms with Crippen molar-refractivity contribution in [3.8, 4) is 0 Å². The van der Waals surface area contributed by atoms with E-state index in [4.69, 9.17) is 10.7 Å². The monoisotopic (exact) mass is 542 g/mol. The van der Waals surface area contributed by atoms with Crippen molar-refractivity contribution in [3.05, 3.63) is 107 Å². The molecule has 4 amide bonds. The van der Waals surface area contributed by atoms with Crippen LogP contribution in [0.2, 0.25) is 0 Å². The van der Waals surface area contributed by atoms with E-state index in [2.05, 4.69) is 15.5 Å². The first-order valence-corrected chi connectivity index (χ1v) is 12.5. The Hall–Kier alpha value is -5.04. The number of amides is 4. The fourth-order valence-electron chi connectivity index (χ4n) is 5.24. The van der Waals surface area contributed by atoms with E-state index in [9.17, 15) is 23.6 Å². The van der Waals surface area contributed by atoms with Crippen LogP contribution in [0, 0.1) is 12.4 Å². The second-order valence-corrected chi connectivity index (χ2v) is 9.70. The van der Waals surface area contributed by atoms with Crippen molar-refractivity contribution < 1.29 is 27.7 Å². The third-order valence-corrected chi connectivity index (χ3v) is 7.27. The lowest BCUT2D eigenvalue weighted by atomic mass is 9.80. The first kappa shape index (κ1) is 22.9. The van der Waals surface area contributed by atoms with Crippen molar-refractivity contribution in [2.45, 2.75) is 30.5 Å². The van der Waals surface area contributed by atoms with Crippen LogP contribution in [-0.2, 0) is 31.0 Å². The van der Waals surface area contributed by atoms with Crippen molar-refractivity contribution in [1.29, 1.82) is 0 Å². The van der Waals surface area contributed by atoms with E-state index in [-0.39, 0.29) is 35.9 Å². The van der Waals surface area contributed by atoms with E-state index in [0.29, 0.717) is 16.8 Å². The number of likely N-dealkylation sites (tertiary alicyclic amines) is 1. The van der Waals surface area contributed by atoms with Crippen molar-refractivity contribution >= 4 is 35.0 Å². The van der Waals surface area contributed by atoms with E-state index in [1.807, 2.05) is 0 Å². The van der Waals surface area contributed by atoms with Gasteiger partial charge in [0.1, 0.15) is 17.3 Å². The molecule has 40 heavy (non-hydrogen) atoms. The average Bonchev–Trinajstić information content (AvgIpc) is 3.51. The number of benzene rings is 3. The molecule has 0 bridgehead atoms. The molecule has 0 saturated carbocycles. The highest BCUT2D eigenvalue weighted by atomic mass is 19.1. The molecule has 2 aliphatic heterocycles. The minimum absolute atomic E-state index is 0.0318. The molecule has 1 fully saturated rings. The molecular weight excluding hydrogens is 513 g/mol. The van der Waals surface area contributed by atoms with Gasteiger partial charge in [-0.1, -0.05) is 48.5 Å². The van der Waals surface area contributed by atoms with Crippen LogP contribution in [0.25, 0.3) is 4.85 Å². The molecule has 5 rings (SSSR count). The molecule has 2 N–H and O–H groups in total. The van der Waals surface area contributed by atoms with Gasteiger partial charge in [-0.15, -0.1) is 0 Å². The minimum Gasteiger partial charge on any atom is -0.325 e. The maximum atomic E-state index is 14.3. The standard InChI is InChI=1S/C30H26FN5O4/c1-32-25-17-30(22-10-6-7-11-23(22)34-29(30)40)18-36(25)27(38)24(16-19-8-4-3-5-9-19)35(2)28(39)26(37)33-21-14-12-20(31)13-15-21/h3-15,24-25H,16-18H2,2H3,(H,33,37)(H,34,40)/t24-,25-,30-/m0/s1/i2D3. The number of nitrogens with one attached hydrogen (secondary N) is 2. The van der Waals surface area contributed by atoms with Gasteiger partial charge in [0.2, 0.25) is 5.91 Å². The Labute approximate surface area is 234 Å². The number of carbonyl (C=O) groups is 4. The predicted octanol–water partition coefficient (Wildman–Crippen LogP) is 3.20. The summed E-state index contributed by atoms with van der Waals surface area (Å²) < 4.78 is 37.9. The summed E-state index contributed by atoms with van der Waals surface area (Å²) in [7, 11) is 0. The summed E-state index contributed by atoms with van der Waals surface area (Å²) in [5.41, 5.74) is 0.470. The van der Waals surface area contributed by atoms with Gasteiger partial charge in [0.15, 0.2) is 0 Å². The first-order chi connectivity index (χ1) is 20.4. The molecule has 3 aromatic rings. The molecule has 1 spiro atoms. The smallest absolute Gasteiger partial charge is 0.313 e. The van der Waals surface area contributed by atoms with Crippen LogP contribution < -0.4 is 10.6 Å². The van der Waals surface area contributed by atoms with Crippen LogP contribution in [0.4, 0.5) is 15.8 Å². The maximum absolute atomic E-state index is 14.3. The lowest BCUT2D eigenvalue weighted by molar-refractivity contribution is -0.149. The summed E-state index contributed by atoms with van der Waals surface area (Å²) in [5, 5.41) is 5.05. The SMILES string of the molecule is [2H]C([2H])([2H])N(C(=O)C(=O)Nc1ccc(F)cc1)[C@@H](Cc1ccccc1)C(=O)N1C[C@]2(C[C@H]1[N+]#[C-])C(=O)Nc1ccccc12. The Morgan fingerprint density at radius 3 is 2.55 bits per heavy atom. The maximum Gasteiger partial charge on any atom is 0.313 e. The second-order valence-electron chi connectivity index (χ2n) is 9.70. The van der Waals surface area contributed by atoms with Crippen LogP contribution in [0.1, 0.15) is 21.7 Å². The number of halogens is 1. The molecule has 3 atom stereocenters. The third kappa shape index (κ3) is 4.78. The van der Waals surface area contributed by atoms with Crippen molar-refractivity contribution in [2.75, 3.05) is 24.2 Å². The van der Waals surface area contributed by atoms with Gasteiger partial charge >= 0.3 is 18.0 Å². The molecule has 10 heteroatoms. The van der Waals surface area contributed by atoms with Crippen LogP contribution in [0.5, 0.6) is 0 Å². The Bertz CT molecular complexity index is 1630. The zero-order chi connectivity index (χ0) is 30.9. The largest absolute Gasteiger partial charge is 0.325 e. The molecule has 0 aliphatic carbocycles. The fourth-order valence-corrected chi connectivity index (χ4v) is 5.24. The normalized spacial score (nSPS) is 21.3. The Morgan fingerprint density at radius 1 is 1.15 bits per heavy atom. The van der Waals surface area contributed by atoms with Gasteiger partial charge in [-0.3, -0.25) is 28.9 Å². The van der Waals surface area contributed by atoms with E-state index >= 15 is 0 Å². The van der Waals surface area contributed by atoms with E-state index in [0.717, 1.165) is 17.0 Å². The van der Waals surface area contributed by atoms with Crippen LogP contribution >= 0.6 is 0 Å². The number of nitrogens with zero attached hydrogens (tertiary/aromatic N) is 3. The quantitative estimate of drug-likeness (QED) is 0.382. The second kappa shape index (κ2) is 10.6. The highest BCUT2D eigenvalue weighted by Crippen LogP contribution is 2.46. The predicted molar refractivity (Wildman–Crippen MR) is 145 cm³/mol. The molecular formula is C30H26FN5O4. The Morgan fingerprint density at radius 2 is 1.85 bits per heavy atom. The van der Waals surface area contributed by atoms with Gasteiger partial charge < -0.3 is 15.5 Å². The summed E-state index contributed by atoms with van der Waals surface area (Å²) >= 11 is 0. The number of rotatable bonds is 5. The summed E-state index contributed by atoms with van der Waals surface area (Å²) in [4.78, 5) is 59.1. The number of fused-ring (bicyclic) bond motifs is 2. The first-order valence-electron chi connectivity index (χ1n) is 14.0.